The highest BCUT2D eigenvalue weighted by atomic mass is 15.1. The van der Waals surface area contributed by atoms with Gasteiger partial charge in [-0.2, -0.15) is 0 Å². The fourth-order valence-corrected chi connectivity index (χ4v) is 6.33. The largest absolute Gasteiger partial charge is 0.256 e. The first kappa shape index (κ1) is 37.2. The molecule has 0 N–H and O–H groups in total. The number of hydrogen-bond donors (Lipinski definition) is 0. The van der Waals surface area contributed by atoms with Gasteiger partial charge in [-0.05, 0) is 32.1 Å². The zero-order chi connectivity index (χ0) is 28.8. The van der Waals surface area contributed by atoms with Crippen molar-refractivity contribution in [3.63, 3.8) is 0 Å². The lowest BCUT2D eigenvalue weighted by molar-refractivity contribution is -0.704. The standard InChI is InChI=1S/C38H75N2/c1-4-7-10-13-15-17-18-19-20-21-22-23-24-25-26-28-30-33-38-39(34-31-12-9-6-3)36-37-40(38)35-32-29-27-16-14-11-8-5-2/h36-37H,4-35H2,1-3H3/q+1. The Bertz CT molecular complexity index is 619. The van der Waals surface area contributed by atoms with Crippen LogP contribution >= 0.6 is 0 Å². The Hall–Kier alpha value is -0.790. The van der Waals surface area contributed by atoms with Crippen molar-refractivity contribution in [2.75, 3.05) is 0 Å². The number of unbranched alkanes of at least 4 members (excludes halogenated alkanes) is 26. The summed E-state index contributed by atoms with van der Waals surface area (Å²) >= 11 is 0. The summed E-state index contributed by atoms with van der Waals surface area (Å²) < 4.78 is 5.22. The molecule has 0 unspecified atom stereocenters. The average Bonchev–Trinajstić information content (AvgIpc) is 3.35. The highest BCUT2D eigenvalue weighted by Gasteiger charge is 2.16. The molecule has 0 atom stereocenters. The van der Waals surface area contributed by atoms with Crippen LogP contribution in [0.2, 0.25) is 0 Å². The van der Waals surface area contributed by atoms with E-state index in [1.54, 1.807) is 5.82 Å². The van der Waals surface area contributed by atoms with Gasteiger partial charge in [0.1, 0.15) is 12.4 Å². The molecule has 0 aromatic carbocycles. The Labute approximate surface area is 253 Å². The molecular formula is C38H75N2+. The van der Waals surface area contributed by atoms with Crippen molar-refractivity contribution in [1.29, 1.82) is 0 Å². The van der Waals surface area contributed by atoms with E-state index in [4.69, 9.17) is 0 Å². The lowest BCUT2D eigenvalue weighted by Crippen LogP contribution is -2.37. The zero-order valence-corrected chi connectivity index (χ0v) is 28.2. The first-order valence-corrected chi connectivity index (χ1v) is 18.9. The normalized spacial score (nSPS) is 11.6. The molecule has 0 amide bonds. The summed E-state index contributed by atoms with van der Waals surface area (Å²) in [6.45, 7) is 9.38. The third-order valence-corrected chi connectivity index (χ3v) is 9.10. The summed E-state index contributed by atoms with van der Waals surface area (Å²) in [7, 11) is 0. The number of rotatable bonds is 32. The van der Waals surface area contributed by atoms with Crippen molar-refractivity contribution >= 4 is 0 Å². The molecule has 1 aromatic rings. The number of imidazole rings is 1. The summed E-state index contributed by atoms with van der Waals surface area (Å²) in [5.74, 6) is 1.61. The van der Waals surface area contributed by atoms with E-state index in [-0.39, 0.29) is 0 Å². The summed E-state index contributed by atoms with van der Waals surface area (Å²) in [5.41, 5.74) is 0. The van der Waals surface area contributed by atoms with Crippen LogP contribution in [0.4, 0.5) is 0 Å². The van der Waals surface area contributed by atoms with Crippen molar-refractivity contribution in [3.8, 4) is 0 Å². The van der Waals surface area contributed by atoms with Gasteiger partial charge in [-0.25, -0.2) is 9.13 Å². The van der Waals surface area contributed by atoms with Crippen LogP contribution in [-0.4, -0.2) is 4.57 Å². The second kappa shape index (κ2) is 29.7. The van der Waals surface area contributed by atoms with Gasteiger partial charge in [0.2, 0.25) is 0 Å². The van der Waals surface area contributed by atoms with E-state index >= 15 is 0 Å². The fourth-order valence-electron chi connectivity index (χ4n) is 6.33. The highest BCUT2D eigenvalue weighted by Crippen LogP contribution is 2.15. The van der Waals surface area contributed by atoms with Gasteiger partial charge in [0.05, 0.1) is 13.1 Å². The zero-order valence-electron chi connectivity index (χ0n) is 28.2. The van der Waals surface area contributed by atoms with Gasteiger partial charge in [0, 0.05) is 6.42 Å². The van der Waals surface area contributed by atoms with Gasteiger partial charge in [-0.1, -0.05) is 175 Å². The van der Waals surface area contributed by atoms with Crippen LogP contribution < -0.4 is 4.57 Å². The van der Waals surface area contributed by atoms with Crippen LogP contribution in [0.3, 0.4) is 0 Å². The van der Waals surface area contributed by atoms with E-state index in [1.165, 1.54) is 206 Å². The molecule has 0 saturated heterocycles. The minimum absolute atomic E-state index is 1.22. The minimum Gasteiger partial charge on any atom is -0.234 e. The predicted octanol–water partition coefficient (Wildman–Crippen LogP) is 12.7. The van der Waals surface area contributed by atoms with E-state index in [0.717, 1.165) is 0 Å². The summed E-state index contributed by atoms with van der Waals surface area (Å²) in [4.78, 5) is 0. The van der Waals surface area contributed by atoms with Crippen molar-refractivity contribution in [3.05, 3.63) is 18.2 Å². The molecule has 1 heterocycles. The molecular weight excluding hydrogens is 484 g/mol. The van der Waals surface area contributed by atoms with Crippen LogP contribution in [-0.2, 0) is 19.5 Å². The van der Waals surface area contributed by atoms with Crippen LogP contribution in [0.15, 0.2) is 12.4 Å². The molecule has 1 aromatic heterocycles. The van der Waals surface area contributed by atoms with Gasteiger partial charge in [0.15, 0.2) is 0 Å². The molecule has 0 aliphatic heterocycles. The third kappa shape index (κ3) is 21.9. The lowest BCUT2D eigenvalue weighted by Gasteiger charge is -2.07. The van der Waals surface area contributed by atoms with E-state index < -0.39 is 0 Å². The fraction of sp³-hybridized carbons (Fsp3) is 0.921. The van der Waals surface area contributed by atoms with Crippen molar-refractivity contribution in [2.24, 2.45) is 0 Å². The van der Waals surface area contributed by atoms with Gasteiger partial charge in [-0.3, -0.25) is 0 Å². The minimum atomic E-state index is 1.22. The monoisotopic (exact) mass is 560 g/mol. The lowest BCUT2D eigenvalue weighted by atomic mass is 10.0. The number of aryl methyl sites for hydroxylation is 2. The second-order valence-electron chi connectivity index (χ2n) is 13.0. The first-order chi connectivity index (χ1) is 19.8. The topological polar surface area (TPSA) is 8.81 Å². The maximum absolute atomic E-state index is 2.61. The van der Waals surface area contributed by atoms with Crippen molar-refractivity contribution in [2.45, 2.75) is 226 Å². The van der Waals surface area contributed by atoms with E-state index in [2.05, 4.69) is 42.3 Å². The van der Waals surface area contributed by atoms with Gasteiger partial charge in [-0.15, -0.1) is 0 Å². The molecule has 0 aliphatic carbocycles. The number of hydrogen-bond acceptors (Lipinski definition) is 0. The number of aromatic nitrogens is 2. The van der Waals surface area contributed by atoms with E-state index in [1.807, 2.05) is 0 Å². The van der Waals surface area contributed by atoms with Gasteiger partial charge in [0.25, 0.3) is 5.82 Å². The summed E-state index contributed by atoms with van der Waals surface area (Å²) in [6.07, 6.45) is 47.5. The molecule has 0 bridgehead atoms. The van der Waals surface area contributed by atoms with Crippen LogP contribution in [0.25, 0.3) is 0 Å². The Morgan fingerprint density at radius 2 is 0.775 bits per heavy atom. The number of nitrogens with zero attached hydrogens (tertiary/aromatic N) is 2. The molecule has 0 saturated carbocycles. The van der Waals surface area contributed by atoms with E-state index in [9.17, 15) is 0 Å². The maximum atomic E-state index is 2.61. The highest BCUT2D eigenvalue weighted by molar-refractivity contribution is 4.84. The molecule has 2 nitrogen and oxygen atoms in total. The average molecular weight is 560 g/mol. The van der Waals surface area contributed by atoms with E-state index in [0.29, 0.717) is 0 Å². The van der Waals surface area contributed by atoms with Gasteiger partial charge < -0.3 is 0 Å². The SMILES string of the molecule is CCCCCCCCCCCCCCCCCCCc1n(CCCCCC)cc[n+]1CCCCCCCCCC. The molecule has 1 rings (SSSR count). The first-order valence-electron chi connectivity index (χ1n) is 18.9. The smallest absolute Gasteiger partial charge is 0.234 e. The van der Waals surface area contributed by atoms with Crippen molar-refractivity contribution < 1.29 is 4.57 Å². The Kier molecular flexibility index (Phi) is 27.6. The Morgan fingerprint density at radius 1 is 0.425 bits per heavy atom. The molecule has 0 aliphatic rings. The molecule has 0 radical (unpaired) electrons. The van der Waals surface area contributed by atoms with Crippen LogP contribution in [0, 0.1) is 0 Å². The van der Waals surface area contributed by atoms with Crippen LogP contribution in [0.1, 0.15) is 213 Å². The molecule has 2 heteroatoms. The van der Waals surface area contributed by atoms with Crippen LogP contribution in [0.5, 0.6) is 0 Å². The second-order valence-corrected chi connectivity index (χ2v) is 13.0. The van der Waals surface area contributed by atoms with Crippen molar-refractivity contribution in [1.82, 2.24) is 4.57 Å². The van der Waals surface area contributed by atoms with Gasteiger partial charge >= 0.3 is 0 Å². The maximum Gasteiger partial charge on any atom is 0.256 e. The molecule has 0 spiro atoms. The molecule has 0 fully saturated rings. The Balaban J connectivity index is 2.14. The molecule has 236 valence electrons. The Morgan fingerprint density at radius 3 is 1.20 bits per heavy atom. The molecule has 40 heavy (non-hydrogen) atoms. The summed E-state index contributed by atoms with van der Waals surface area (Å²) in [6, 6.07) is 0. The predicted molar refractivity (Wildman–Crippen MR) is 179 cm³/mol. The summed E-state index contributed by atoms with van der Waals surface area (Å²) in [5, 5.41) is 0. The third-order valence-electron chi connectivity index (χ3n) is 9.10. The quantitative estimate of drug-likeness (QED) is 0.0613.